The molecule has 0 aromatic heterocycles. The Kier molecular flexibility index (Phi) is 15.8. The van der Waals surface area contributed by atoms with Crippen molar-refractivity contribution in [1.29, 1.82) is 0 Å². The molecule has 5 N–H and O–H groups in total. The molecule has 0 aliphatic carbocycles. The van der Waals surface area contributed by atoms with Crippen molar-refractivity contribution >= 4 is 29.8 Å². The lowest BCUT2D eigenvalue weighted by atomic mass is 10.1. The molecule has 0 aliphatic rings. The minimum Gasteiger partial charge on any atom is -0.481 e. The van der Waals surface area contributed by atoms with E-state index in [0.29, 0.717) is 0 Å². The summed E-state index contributed by atoms with van der Waals surface area (Å²) >= 11 is 0. The molecule has 1 aromatic rings. The monoisotopic (exact) mass is 398 g/mol. The standard InChI is InChI=1S/C8H6O4.2C4H6O2.C2H4O2/c9-7(10)5-3-1-2-4-6(5)8(11)12;2*1-3(2)4(5)6;1-2(3)4/h1-4H,(H,9,10)(H,11,12);2*1H2,2H3,(H,5,6);1H3,(H,3,4). The molecule has 0 atom stereocenters. The van der Waals surface area contributed by atoms with Gasteiger partial charge in [0.15, 0.2) is 0 Å². The summed E-state index contributed by atoms with van der Waals surface area (Å²) in [5.41, 5.74) is -0.0278. The molecule has 28 heavy (non-hydrogen) atoms. The summed E-state index contributed by atoms with van der Waals surface area (Å²) in [4.78, 5) is 49.1. The van der Waals surface area contributed by atoms with Crippen LogP contribution in [0.15, 0.2) is 48.6 Å². The van der Waals surface area contributed by atoms with Gasteiger partial charge in [0.1, 0.15) is 0 Å². The molecule has 1 aromatic carbocycles. The van der Waals surface area contributed by atoms with Gasteiger partial charge in [-0.15, -0.1) is 0 Å². The van der Waals surface area contributed by atoms with Gasteiger partial charge < -0.3 is 25.5 Å². The van der Waals surface area contributed by atoms with Gasteiger partial charge in [-0.3, -0.25) is 4.79 Å². The van der Waals surface area contributed by atoms with E-state index in [1.165, 1.54) is 38.1 Å². The van der Waals surface area contributed by atoms with Crippen LogP contribution in [0.3, 0.4) is 0 Å². The second kappa shape index (κ2) is 15.3. The first kappa shape index (κ1) is 28.8. The predicted molar refractivity (Wildman–Crippen MR) is 98.6 cm³/mol. The first-order valence-electron chi connectivity index (χ1n) is 7.17. The molecule has 0 heterocycles. The fraction of sp³-hybridized carbons (Fsp3) is 0.167. The first-order chi connectivity index (χ1) is 12.6. The van der Waals surface area contributed by atoms with Crippen molar-refractivity contribution in [3.63, 3.8) is 0 Å². The molecule has 0 spiro atoms. The molecular weight excluding hydrogens is 376 g/mol. The van der Waals surface area contributed by atoms with Crippen LogP contribution in [0.4, 0.5) is 0 Å². The summed E-state index contributed by atoms with van der Waals surface area (Å²) in [5, 5.41) is 40.3. The number of benzene rings is 1. The van der Waals surface area contributed by atoms with Crippen LogP contribution < -0.4 is 0 Å². The van der Waals surface area contributed by atoms with Crippen LogP contribution in [0.25, 0.3) is 0 Å². The lowest BCUT2D eigenvalue weighted by Crippen LogP contribution is -2.06. The number of carboxylic acids is 5. The van der Waals surface area contributed by atoms with Crippen molar-refractivity contribution in [2.24, 2.45) is 0 Å². The lowest BCUT2D eigenvalue weighted by molar-refractivity contribution is -0.135. The van der Waals surface area contributed by atoms with Crippen LogP contribution in [-0.4, -0.2) is 55.4 Å². The Morgan fingerprint density at radius 3 is 0.929 bits per heavy atom. The van der Waals surface area contributed by atoms with Gasteiger partial charge in [-0.2, -0.15) is 0 Å². The molecule has 10 nitrogen and oxygen atoms in total. The molecule has 1 rings (SSSR count). The second-order valence-electron chi connectivity index (χ2n) is 4.85. The fourth-order valence-corrected chi connectivity index (χ4v) is 0.856. The topological polar surface area (TPSA) is 186 Å². The molecule has 0 saturated heterocycles. The van der Waals surface area contributed by atoms with Gasteiger partial charge in [0.25, 0.3) is 5.97 Å². The van der Waals surface area contributed by atoms with E-state index < -0.39 is 29.8 Å². The van der Waals surface area contributed by atoms with Crippen LogP contribution in [0, 0.1) is 0 Å². The summed E-state index contributed by atoms with van der Waals surface area (Å²) < 4.78 is 0. The van der Waals surface area contributed by atoms with Crippen molar-refractivity contribution < 1.29 is 49.5 Å². The van der Waals surface area contributed by atoms with Gasteiger partial charge in [0, 0.05) is 18.1 Å². The van der Waals surface area contributed by atoms with Gasteiger partial charge in [-0.25, -0.2) is 19.2 Å². The lowest BCUT2D eigenvalue weighted by Gasteiger charge is -1.98. The Bertz CT molecular complexity index is 661. The van der Waals surface area contributed by atoms with Crippen molar-refractivity contribution in [1.82, 2.24) is 0 Å². The van der Waals surface area contributed by atoms with Gasteiger partial charge in [0.2, 0.25) is 0 Å². The zero-order valence-electron chi connectivity index (χ0n) is 15.5. The van der Waals surface area contributed by atoms with E-state index in [1.807, 2.05) is 0 Å². The number of aliphatic carboxylic acids is 3. The Morgan fingerprint density at radius 1 is 0.643 bits per heavy atom. The molecule has 0 aliphatic heterocycles. The number of hydrogen-bond donors (Lipinski definition) is 5. The normalized spacial score (nSPS) is 8.11. The summed E-state index contributed by atoms with van der Waals surface area (Å²) in [5.74, 6) is -5.16. The van der Waals surface area contributed by atoms with E-state index in [4.69, 9.17) is 30.3 Å². The minimum absolute atomic E-state index is 0.176. The van der Waals surface area contributed by atoms with Gasteiger partial charge >= 0.3 is 23.9 Å². The SMILES string of the molecule is C=C(C)C(=O)O.C=C(C)C(=O)O.CC(=O)O.O=C(O)c1ccccc1C(=O)O. The van der Waals surface area contributed by atoms with Gasteiger partial charge in [-0.05, 0) is 26.0 Å². The van der Waals surface area contributed by atoms with Crippen molar-refractivity contribution in [3.05, 3.63) is 59.7 Å². The number of rotatable bonds is 4. The van der Waals surface area contributed by atoms with E-state index in [0.717, 1.165) is 6.92 Å². The van der Waals surface area contributed by atoms with Crippen LogP contribution in [0.2, 0.25) is 0 Å². The highest BCUT2D eigenvalue weighted by Crippen LogP contribution is 2.07. The molecule has 0 amide bonds. The maximum absolute atomic E-state index is 10.5. The third-order valence-corrected chi connectivity index (χ3v) is 2.12. The highest BCUT2D eigenvalue weighted by atomic mass is 16.4. The molecule has 0 saturated carbocycles. The van der Waals surface area contributed by atoms with Crippen molar-refractivity contribution in [2.45, 2.75) is 20.8 Å². The Labute approximate surface area is 160 Å². The highest BCUT2D eigenvalue weighted by Gasteiger charge is 2.13. The summed E-state index contributed by atoms with van der Waals surface area (Å²) in [6.45, 7) is 10.3. The average Bonchev–Trinajstić information content (AvgIpc) is 2.55. The molecule has 0 unspecified atom stereocenters. The largest absolute Gasteiger partial charge is 0.481 e. The molecule has 154 valence electrons. The van der Waals surface area contributed by atoms with E-state index >= 15 is 0 Å². The van der Waals surface area contributed by atoms with Crippen LogP contribution in [0.5, 0.6) is 0 Å². The summed E-state index contributed by atoms with van der Waals surface area (Å²) in [6.07, 6.45) is 0. The van der Waals surface area contributed by atoms with Crippen LogP contribution >= 0.6 is 0 Å². The number of carboxylic acid groups (broad SMARTS) is 5. The zero-order valence-corrected chi connectivity index (χ0v) is 15.5. The molecule has 10 heteroatoms. The third kappa shape index (κ3) is 18.4. The number of hydrogen-bond acceptors (Lipinski definition) is 5. The summed E-state index contributed by atoms with van der Waals surface area (Å²) in [7, 11) is 0. The van der Waals surface area contributed by atoms with E-state index in [1.54, 1.807) is 0 Å². The number of aromatic carboxylic acids is 2. The van der Waals surface area contributed by atoms with E-state index in [2.05, 4.69) is 13.2 Å². The van der Waals surface area contributed by atoms with Crippen LogP contribution in [-0.2, 0) is 14.4 Å². The van der Waals surface area contributed by atoms with Gasteiger partial charge in [0.05, 0.1) is 11.1 Å². The van der Waals surface area contributed by atoms with Crippen molar-refractivity contribution in [3.8, 4) is 0 Å². The average molecular weight is 398 g/mol. The first-order valence-corrected chi connectivity index (χ1v) is 7.17. The van der Waals surface area contributed by atoms with E-state index in [9.17, 15) is 19.2 Å². The minimum atomic E-state index is -1.23. The van der Waals surface area contributed by atoms with Crippen molar-refractivity contribution in [2.75, 3.05) is 0 Å². The molecule has 0 radical (unpaired) electrons. The highest BCUT2D eigenvalue weighted by molar-refractivity contribution is 6.01. The predicted octanol–water partition coefficient (Wildman–Crippen LogP) is 2.47. The second-order valence-corrected chi connectivity index (χ2v) is 4.85. The fourth-order valence-electron chi connectivity index (χ4n) is 0.856. The molecule has 0 fully saturated rings. The maximum atomic E-state index is 10.5. The zero-order chi connectivity index (χ0) is 23.0. The summed E-state index contributed by atoms with van der Waals surface area (Å²) in [6, 6.07) is 5.48. The third-order valence-electron chi connectivity index (χ3n) is 2.12. The Hall–Kier alpha value is -3.95. The Balaban J connectivity index is -0.000000332. The van der Waals surface area contributed by atoms with Gasteiger partial charge in [-0.1, -0.05) is 25.3 Å². The number of carbonyl (C=O) groups is 5. The molecular formula is C18H22O10. The maximum Gasteiger partial charge on any atom is 0.336 e. The Morgan fingerprint density at radius 2 is 0.821 bits per heavy atom. The van der Waals surface area contributed by atoms with Crippen LogP contribution in [0.1, 0.15) is 41.5 Å². The molecule has 0 bridgehead atoms. The smallest absolute Gasteiger partial charge is 0.336 e. The quantitative estimate of drug-likeness (QED) is 0.471. The van der Waals surface area contributed by atoms with E-state index in [-0.39, 0.29) is 22.3 Å².